The Morgan fingerprint density at radius 1 is 1.28 bits per heavy atom. The Morgan fingerprint density at radius 2 is 2.04 bits per heavy atom. The zero-order valence-corrected chi connectivity index (χ0v) is 15.2. The minimum absolute atomic E-state index is 0.0379. The van der Waals surface area contributed by atoms with Gasteiger partial charge in [0.25, 0.3) is 0 Å². The van der Waals surface area contributed by atoms with Crippen LogP contribution in [0.25, 0.3) is 0 Å². The van der Waals surface area contributed by atoms with Crippen molar-refractivity contribution in [2.75, 3.05) is 32.0 Å². The molecule has 0 amide bonds. The highest BCUT2D eigenvalue weighted by molar-refractivity contribution is 7.93. The van der Waals surface area contributed by atoms with Crippen LogP contribution in [0.3, 0.4) is 0 Å². The molecule has 1 spiro atoms. The lowest BCUT2D eigenvalue weighted by atomic mass is 9.83. The number of rotatable bonds is 5. The quantitative estimate of drug-likeness (QED) is 0.798. The van der Waals surface area contributed by atoms with Gasteiger partial charge in [-0.3, -0.25) is 4.90 Å². The zero-order chi connectivity index (χ0) is 17.5. The van der Waals surface area contributed by atoms with Crippen LogP contribution < -0.4 is 4.74 Å². The van der Waals surface area contributed by atoms with Crippen molar-refractivity contribution in [3.8, 4) is 5.88 Å². The van der Waals surface area contributed by atoms with Crippen molar-refractivity contribution in [1.82, 2.24) is 9.88 Å². The summed E-state index contributed by atoms with van der Waals surface area (Å²) in [6, 6.07) is 2.81. The first kappa shape index (κ1) is 17.2. The summed E-state index contributed by atoms with van der Waals surface area (Å²) < 4.78 is 43.9. The Hall–Kier alpha value is -1.21. The Morgan fingerprint density at radius 3 is 2.76 bits per heavy atom. The maximum atomic E-state index is 13.7. The molecule has 0 bridgehead atoms. The molecule has 1 aromatic rings. The van der Waals surface area contributed by atoms with E-state index in [2.05, 4.69) is 9.88 Å². The predicted molar refractivity (Wildman–Crippen MR) is 92.7 cm³/mol. The SMILES string of the molecule is O=S1(=O)CC[C@@H](COc2ncccc2F)C12CN(CC1CCCC1)C2. The molecule has 5 nitrogen and oxygen atoms in total. The maximum absolute atomic E-state index is 13.7. The average Bonchev–Trinajstić information content (AvgIpc) is 3.13. The third-order valence-corrected chi connectivity index (χ3v) is 8.82. The van der Waals surface area contributed by atoms with Crippen molar-refractivity contribution in [2.45, 2.75) is 36.9 Å². The van der Waals surface area contributed by atoms with Gasteiger partial charge in [0.1, 0.15) is 4.75 Å². The molecule has 3 heterocycles. The third kappa shape index (κ3) is 3.05. The number of hydrogen-bond acceptors (Lipinski definition) is 5. The van der Waals surface area contributed by atoms with E-state index < -0.39 is 20.4 Å². The Balaban J connectivity index is 1.41. The maximum Gasteiger partial charge on any atom is 0.250 e. The second kappa shape index (κ2) is 6.50. The van der Waals surface area contributed by atoms with E-state index in [1.807, 2.05) is 0 Å². The number of ether oxygens (including phenoxy) is 1. The van der Waals surface area contributed by atoms with Crippen LogP contribution in [0.4, 0.5) is 4.39 Å². The Bertz CT molecular complexity index is 728. The smallest absolute Gasteiger partial charge is 0.250 e. The molecular weight excluding hydrogens is 343 g/mol. The van der Waals surface area contributed by atoms with Crippen LogP contribution >= 0.6 is 0 Å². The molecule has 1 aliphatic carbocycles. The lowest BCUT2D eigenvalue weighted by Gasteiger charge is -2.50. The summed E-state index contributed by atoms with van der Waals surface area (Å²) >= 11 is 0. The van der Waals surface area contributed by atoms with Crippen molar-refractivity contribution in [3.63, 3.8) is 0 Å². The van der Waals surface area contributed by atoms with Crippen molar-refractivity contribution in [1.29, 1.82) is 0 Å². The van der Waals surface area contributed by atoms with E-state index in [0.717, 1.165) is 12.5 Å². The summed E-state index contributed by atoms with van der Waals surface area (Å²) in [5, 5.41) is 0. The molecular formula is C18H25FN2O3S. The number of likely N-dealkylation sites (tertiary alicyclic amines) is 1. The van der Waals surface area contributed by atoms with Crippen molar-refractivity contribution in [3.05, 3.63) is 24.1 Å². The van der Waals surface area contributed by atoms with Gasteiger partial charge in [-0.05, 0) is 37.3 Å². The van der Waals surface area contributed by atoms with Crippen LogP contribution in [0, 0.1) is 17.7 Å². The minimum atomic E-state index is -3.12. The van der Waals surface area contributed by atoms with Gasteiger partial charge in [-0.25, -0.2) is 17.8 Å². The van der Waals surface area contributed by atoms with Crippen LogP contribution in [-0.4, -0.2) is 55.0 Å². The second-order valence-corrected chi connectivity index (χ2v) is 10.2. The highest BCUT2D eigenvalue weighted by Crippen LogP contribution is 2.45. The molecule has 25 heavy (non-hydrogen) atoms. The summed E-state index contributed by atoms with van der Waals surface area (Å²) in [6.45, 7) is 2.43. The van der Waals surface area contributed by atoms with Gasteiger partial charge in [-0.1, -0.05) is 12.8 Å². The number of nitrogens with zero attached hydrogens (tertiary/aromatic N) is 2. The van der Waals surface area contributed by atoms with Crippen LogP contribution in [0.2, 0.25) is 0 Å². The van der Waals surface area contributed by atoms with Gasteiger partial charge < -0.3 is 4.74 Å². The summed E-state index contributed by atoms with van der Waals surface area (Å²) in [6.07, 6.45) is 7.20. The molecule has 0 N–H and O–H groups in total. The highest BCUT2D eigenvalue weighted by Gasteiger charge is 2.61. The van der Waals surface area contributed by atoms with E-state index in [0.29, 0.717) is 19.5 Å². The monoisotopic (exact) mass is 368 g/mol. The van der Waals surface area contributed by atoms with Crippen molar-refractivity contribution < 1.29 is 17.5 Å². The van der Waals surface area contributed by atoms with Gasteiger partial charge in [0.05, 0.1) is 12.4 Å². The molecule has 0 radical (unpaired) electrons. The third-order valence-electron chi connectivity index (χ3n) is 6.22. The van der Waals surface area contributed by atoms with Crippen LogP contribution in [0.15, 0.2) is 18.3 Å². The van der Waals surface area contributed by atoms with Crippen molar-refractivity contribution >= 4 is 9.84 Å². The predicted octanol–water partition coefficient (Wildman–Crippen LogP) is 2.28. The molecule has 138 valence electrons. The molecule has 7 heteroatoms. The van der Waals surface area contributed by atoms with Gasteiger partial charge in [-0.15, -0.1) is 0 Å². The average molecular weight is 368 g/mol. The molecule has 4 rings (SSSR count). The van der Waals surface area contributed by atoms with Gasteiger partial charge in [0.2, 0.25) is 5.88 Å². The number of sulfone groups is 1. The normalized spacial score (nSPS) is 28.3. The number of halogens is 1. The van der Waals surface area contributed by atoms with Crippen molar-refractivity contribution in [2.24, 2.45) is 11.8 Å². The van der Waals surface area contributed by atoms with Crippen LogP contribution in [0.5, 0.6) is 5.88 Å². The fourth-order valence-electron chi connectivity index (χ4n) is 4.76. The largest absolute Gasteiger partial charge is 0.475 e. The van der Waals surface area contributed by atoms with E-state index >= 15 is 0 Å². The van der Waals surface area contributed by atoms with Gasteiger partial charge in [0, 0.05) is 31.7 Å². The fourth-order valence-corrected chi connectivity index (χ4v) is 7.22. The van der Waals surface area contributed by atoms with Crippen LogP contribution in [-0.2, 0) is 9.84 Å². The molecule has 1 saturated carbocycles. The fraction of sp³-hybridized carbons (Fsp3) is 0.722. The molecule has 0 aromatic carbocycles. The lowest BCUT2D eigenvalue weighted by Crippen LogP contribution is -2.68. The molecule has 3 aliphatic rings. The van der Waals surface area contributed by atoms with E-state index in [4.69, 9.17) is 4.74 Å². The van der Waals surface area contributed by atoms with E-state index in [9.17, 15) is 12.8 Å². The summed E-state index contributed by atoms with van der Waals surface area (Å²) in [5.41, 5.74) is 0. The molecule has 2 saturated heterocycles. The Kier molecular flexibility index (Phi) is 4.48. The standard InChI is InChI=1S/C18H25FN2O3S/c19-16-6-3-8-20-17(16)24-11-15-7-9-25(22,23)18(15)12-21(13-18)10-14-4-1-2-5-14/h3,6,8,14-15H,1-2,4-5,7,9-13H2/t15-/m0/s1. The molecule has 2 aliphatic heterocycles. The zero-order valence-electron chi connectivity index (χ0n) is 14.4. The molecule has 1 atom stereocenters. The second-order valence-electron chi connectivity index (χ2n) is 7.79. The van der Waals surface area contributed by atoms with E-state index in [-0.39, 0.29) is 24.2 Å². The first-order chi connectivity index (χ1) is 12.0. The highest BCUT2D eigenvalue weighted by atomic mass is 32.2. The topological polar surface area (TPSA) is 59.5 Å². The summed E-state index contributed by atoms with van der Waals surface area (Å²) in [7, 11) is -3.12. The van der Waals surface area contributed by atoms with Gasteiger partial charge >= 0.3 is 0 Å². The molecule has 3 fully saturated rings. The molecule has 0 unspecified atom stereocenters. The van der Waals surface area contributed by atoms with E-state index in [1.54, 1.807) is 0 Å². The first-order valence-corrected chi connectivity index (χ1v) is 10.8. The molecule has 1 aromatic heterocycles. The van der Waals surface area contributed by atoms with E-state index in [1.165, 1.54) is 44.0 Å². The summed E-state index contributed by atoms with van der Waals surface area (Å²) in [4.78, 5) is 6.18. The number of aromatic nitrogens is 1. The number of pyridine rings is 1. The Labute approximate surface area is 148 Å². The van der Waals surface area contributed by atoms with Crippen LogP contribution in [0.1, 0.15) is 32.1 Å². The first-order valence-electron chi connectivity index (χ1n) is 9.18. The lowest BCUT2D eigenvalue weighted by molar-refractivity contribution is 0.0515. The van der Waals surface area contributed by atoms with Gasteiger partial charge in [-0.2, -0.15) is 0 Å². The van der Waals surface area contributed by atoms with Gasteiger partial charge in [0.15, 0.2) is 15.7 Å². The summed E-state index contributed by atoms with van der Waals surface area (Å²) in [5.74, 6) is 0.304. The number of hydrogen-bond donors (Lipinski definition) is 0. The minimum Gasteiger partial charge on any atom is -0.475 e.